The molecule has 0 bridgehead atoms. The zero-order chi connectivity index (χ0) is 14.8. The molecule has 2 aliphatic rings. The number of allylic oxidation sites excluding steroid dienone is 2. The molecule has 110 valence electrons. The zero-order valence-corrected chi connectivity index (χ0v) is 12.3. The molecule has 4 nitrogen and oxygen atoms in total. The monoisotopic (exact) mass is 285 g/mol. The maximum atomic E-state index is 12.4. The summed E-state index contributed by atoms with van der Waals surface area (Å²) in [6, 6.07) is 10.1. The number of nitrogens with one attached hydrogen (secondary N) is 1. The summed E-state index contributed by atoms with van der Waals surface area (Å²) in [5.74, 6) is -0.206. The van der Waals surface area contributed by atoms with Crippen LogP contribution in [0.1, 0.15) is 18.4 Å². The van der Waals surface area contributed by atoms with Gasteiger partial charge >= 0.3 is 0 Å². The molecule has 1 aromatic rings. The third-order valence-corrected chi connectivity index (χ3v) is 4.38. The first-order chi connectivity index (χ1) is 10.2. The van der Waals surface area contributed by atoms with Gasteiger partial charge in [0.15, 0.2) is 6.67 Å². The van der Waals surface area contributed by atoms with Gasteiger partial charge in [0.25, 0.3) is 0 Å². The Labute approximate surface area is 125 Å². The van der Waals surface area contributed by atoms with Crippen LogP contribution < -0.4 is 4.90 Å². The highest BCUT2D eigenvalue weighted by molar-refractivity contribution is 6.05. The lowest BCUT2D eigenvalue weighted by molar-refractivity contribution is -0.901. The maximum Gasteiger partial charge on any atom is 0.237 e. The van der Waals surface area contributed by atoms with Crippen molar-refractivity contribution in [2.24, 2.45) is 11.8 Å². The fourth-order valence-electron chi connectivity index (χ4n) is 3.29. The molecule has 1 unspecified atom stereocenters. The lowest BCUT2D eigenvalue weighted by atomic mass is 9.85. The number of fused-ring (bicyclic) bond motifs is 1. The predicted molar refractivity (Wildman–Crippen MR) is 79.1 cm³/mol. The van der Waals surface area contributed by atoms with E-state index < -0.39 is 0 Å². The fourth-order valence-corrected chi connectivity index (χ4v) is 3.29. The number of hydrogen-bond donors (Lipinski definition) is 1. The number of amides is 2. The van der Waals surface area contributed by atoms with Crippen LogP contribution in [0.25, 0.3) is 0 Å². The standard InChI is InChI=1S/C17H20N2O2/c1-18(11-13-7-3-2-4-8-13)12-19-16(20)14-9-5-6-10-15(14)17(19)21/h2-8,14-15H,9-12H2,1H3/p+1/t14-,15+. The van der Waals surface area contributed by atoms with Crippen molar-refractivity contribution < 1.29 is 14.5 Å². The van der Waals surface area contributed by atoms with Crippen molar-refractivity contribution >= 4 is 11.8 Å². The second-order valence-electron chi connectivity index (χ2n) is 6.04. The second kappa shape index (κ2) is 5.82. The second-order valence-corrected chi connectivity index (χ2v) is 6.04. The minimum atomic E-state index is -0.118. The first-order valence-electron chi connectivity index (χ1n) is 7.52. The van der Waals surface area contributed by atoms with Crippen LogP contribution in [0.4, 0.5) is 0 Å². The fraction of sp³-hybridized carbons (Fsp3) is 0.412. The van der Waals surface area contributed by atoms with E-state index in [4.69, 9.17) is 0 Å². The summed E-state index contributed by atoms with van der Waals surface area (Å²) >= 11 is 0. The van der Waals surface area contributed by atoms with E-state index in [2.05, 4.69) is 12.1 Å². The molecule has 1 heterocycles. The van der Waals surface area contributed by atoms with Gasteiger partial charge in [0.1, 0.15) is 6.54 Å². The molecule has 2 amide bonds. The maximum absolute atomic E-state index is 12.4. The van der Waals surface area contributed by atoms with Gasteiger partial charge in [-0.2, -0.15) is 0 Å². The van der Waals surface area contributed by atoms with E-state index >= 15 is 0 Å². The summed E-state index contributed by atoms with van der Waals surface area (Å²) in [7, 11) is 2.02. The van der Waals surface area contributed by atoms with E-state index in [0.29, 0.717) is 19.5 Å². The van der Waals surface area contributed by atoms with Crippen molar-refractivity contribution in [2.45, 2.75) is 19.4 Å². The van der Waals surface area contributed by atoms with Gasteiger partial charge in [-0.1, -0.05) is 42.5 Å². The third kappa shape index (κ3) is 2.76. The molecular formula is C17H21N2O2+. The van der Waals surface area contributed by atoms with Gasteiger partial charge in [-0.25, -0.2) is 4.90 Å². The lowest BCUT2D eigenvalue weighted by Crippen LogP contribution is -3.09. The molecule has 4 heteroatoms. The number of quaternary nitrogens is 1. The highest BCUT2D eigenvalue weighted by Gasteiger charge is 2.48. The van der Waals surface area contributed by atoms with Crippen molar-refractivity contribution in [2.75, 3.05) is 13.7 Å². The Bertz CT molecular complexity index is 541. The predicted octanol–water partition coefficient (Wildman–Crippen LogP) is 0.610. The van der Waals surface area contributed by atoms with Crippen LogP contribution in [-0.4, -0.2) is 30.4 Å². The molecule has 1 aliphatic carbocycles. The average Bonchev–Trinajstić information content (AvgIpc) is 2.74. The van der Waals surface area contributed by atoms with E-state index in [1.807, 2.05) is 37.4 Å². The van der Waals surface area contributed by atoms with Crippen LogP contribution in [0.5, 0.6) is 0 Å². The number of benzene rings is 1. The van der Waals surface area contributed by atoms with Crippen LogP contribution in [0.15, 0.2) is 42.5 Å². The van der Waals surface area contributed by atoms with E-state index in [1.165, 1.54) is 10.5 Å². The van der Waals surface area contributed by atoms with Crippen molar-refractivity contribution in [1.82, 2.24) is 4.90 Å². The Balaban J connectivity index is 1.65. The number of imide groups is 1. The first-order valence-corrected chi connectivity index (χ1v) is 7.52. The van der Waals surface area contributed by atoms with Gasteiger partial charge < -0.3 is 4.90 Å². The highest BCUT2D eigenvalue weighted by atomic mass is 16.2. The number of nitrogens with zero attached hydrogens (tertiary/aromatic N) is 1. The number of carbonyl (C=O) groups is 2. The summed E-state index contributed by atoms with van der Waals surface area (Å²) < 4.78 is 0. The number of hydrogen-bond acceptors (Lipinski definition) is 2. The molecule has 3 atom stereocenters. The van der Waals surface area contributed by atoms with Gasteiger partial charge in [0.2, 0.25) is 11.8 Å². The summed E-state index contributed by atoms with van der Waals surface area (Å²) in [5, 5.41) is 0. The molecule has 1 saturated heterocycles. The number of carbonyl (C=O) groups excluding carboxylic acids is 2. The highest BCUT2D eigenvalue weighted by Crippen LogP contribution is 2.34. The zero-order valence-electron chi connectivity index (χ0n) is 12.3. The Morgan fingerprint density at radius 3 is 2.19 bits per heavy atom. The smallest absolute Gasteiger partial charge is 0.237 e. The Morgan fingerprint density at radius 2 is 1.62 bits per heavy atom. The molecule has 1 N–H and O–H groups in total. The minimum Gasteiger partial charge on any atom is -0.316 e. The number of rotatable bonds is 4. The van der Waals surface area contributed by atoms with Crippen LogP contribution in [0.2, 0.25) is 0 Å². The quantitative estimate of drug-likeness (QED) is 0.650. The summed E-state index contributed by atoms with van der Waals surface area (Å²) in [6.45, 7) is 1.27. The molecule has 1 aromatic carbocycles. The van der Waals surface area contributed by atoms with Crippen molar-refractivity contribution in [3.05, 3.63) is 48.0 Å². The van der Waals surface area contributed by atoms with Crippen LogP contribution >= 0.6 is 0 Å². The van der Waals surface area contributed by atoms with Crippen molar-refractivity contribution in [1.29, 1.82) is 0 Å². The van der Waals surface area contributed by atoms with Gasteiger partial charge in [-0.15, -0.1) is 0 Å². The number of likely N-dealkylation sites (tertiary alicyclic amines) is 1. The van der Waals surface area contributed by atoms with E-state index in [0.717, 1.165) is 11.4 Å². The topological polar surface area (TPSA) is 41.8 Å². The van der Waals surface area contributed by atoms with Crippen molar-refractivity contribution in [3.8, 4) is 0 Å². The van der Waals surface area contributed by atoms with Gasteiger partial charge in [0.05, 0.1) is 18.9 Å². The molecule has 1 aliphatic heterocycles. The SMILES string of the molecule is C[NH+](Cc1ccccc1)CN1C(=O)[C@H]2CC=CC[C@H]2C1=O. The lowest BCUT2D eigenvalue weighted by Gasteiger charge is -2.20. The van der Waals surface area contributed by atoms with Crippen LogP contribution in [0, 0.1) is 11.8 Å². The molecule has 0 radical (unpaired) electrons. The van der Waals surface area contributed by atoms with Gasteiger partial charge in [-0.05, 0) is 12.8 Å². The van der Waals surface area contributed by atoms with Gasteiger partial charge in [-0.3, -0.25) is 9.59 Å². The minimum absolute atomic E-state index is 0.0155. The largest absolute Gasteiger partial charge is 0.316 e. The molecule has 21 heavy (non-hydrogen) atoms. The van der Waals surface area contributed by atoms with Crippen LogP contribution in [-0.2, 0) is 16.1 Å². The van der Waals surface area contributed by atoms with E-state index in [9.17, 15) is 9.59 Å². The average molecular weight is 285 g/mol. The van der Waals surface area contributed by atoms with E-state index in [1.54, 1.807) is 0 Å². The molecule has 0 spiro atoms. The van der Waals surface area contributed by atoms with E-state index in [-0.39, 0.29) is 23.7 Å². The third-order valence-electron chi connectivity index (χ3n) is 4.38. The Kier molecular flexibility index (Phi) is 3.88. The Morgan fingerprint density at radius 1 is 1.05 bits per heavy atom. The molecular weight excluding hydrogens is 264 g/mol. The molecule has 0 aromatic heterocycles. The normalized spacial score (nSPS) is 26.0. The molecule has 3 rings (SSSR count). The molecule has 0 saturated carbocycles. The Hall–Kier alpha value is -1.94. The van der Waals surface area contributed by atoms with Gasteiger partial charge in [0, 0.05) is 5.56 Å². The first kappa shape index (κ1) is 14.0. The summed E-state index contributed by atoms with van der Waals surface area (Å²) in [4.78, 5) is 27.4. The van der Waals surface area contributed by atoms with Crippen molar-refractivity contribution in [3.63, 3.8) is 0 Å². The summed E-state index contributed by atoms with van der Waals surface area (Å²) in [6.07, 6.45) is 5.47. The summed E-state index contributed by atoms with van der Waals surface area (Å²) in [5.41, 5.74) is 1.22. The van der Waals surface area contributed by atoms with Crippen LogP contribution in [0.3, 0.4) is 0 Å². The molecule has 1 fully saturated rings.